The van der Waals surface area contributed by atoms with E-state index in [1.807, 2.05) is 11.8 Å². The molecule has 0 spiro atoms. The first-order valence-corrected chi connectivity index (χ1v) is 5.40. The van der Waals surface area contributed by atoms with Crippen molar-refractivity contribution in [3.63, 3.8) is 0 Å². The Morgan fingerprint density at radius 1 is 1.57 bits per heavy atom. The summed E-state index contributed by atoms with van der Waals surface area (Å²) >= 11 is 0. The lowest BCUT2D eigenvalue weighted by molar-refractivity contribution is -0.134. The van der Waals surface area contributed by atoms with Gasteiger partial charge in [0.15, 0.2) is 0 Å². The normalized spacial score (nSPS) is 18.3. The molecule has 1 heterocycles. The zero-order valence-corrected chi connectivity index (χ0v) is 9.12. The number of nitrogens with one attached hydrogen (secondary N) is 1. The molecule has 3 heteroatoms. The number of carbonyl (C=O) groups is 1. The van der Waals surface area contributed by atoms with E-state index in [1.165, 1.54) is 0 Å². The van der Waals surface area contributed by atoms with E-state index in [4.69, 9.17) is 0 Å². The second-order valence-electron chi connectivity index (χ2n) is 3.75. The average molecular weight is 196 g/mol. The van der Waals surface area contributed by atoms with Crippen molar-refractivity contribution in [2.24, 2.45) is 5.92 Å². The van der Waals surface area contributed by atoms with Gasteiger partial charge in [-0.25, -0.2) is 0 Å². The predicted octanol–water partition coefficient (Wildman–Crippen LogP) is 1.02. The van der Waals surface area contributed by atoms with Gasteiger partial charge in [0.25, 0.3) is 0 Å². The predicted molar refractivity (Wildman–Crippen MR) is 58.0 cm³/mol. The van der Waals surface area contributed by atoms with Crippen LogP contribution in [0.15, 0.2) is 12.2 Å². The average Bonchev–Trinajstić information content (AvgIpc) is 2.26. The van der Waals surface area contributed by atoms with Gasteiger partial charge >= 0.3 is 0 Å². The molecule has 0 saturated heterocycles. The zero-order valence-electron chi connectivity index (χ0n) is 9.12. The van der Waals surface area contributed by atoms with E-state index in [0.29, 0.717) is 0 Å². The highest BCUT2D eigenvalue weighted by atomic mass is 16.2. The lowest BCUT2D eigenvalue weighted by Crippen LogP contribution is -2.40. The fourth-order valence-electron chi connectivity index (χ4n) is 1.60. The van der Waals surface area contributed by atoms with Crippen LogP contribution in [0.2, 0.25) is 0 Å². The van der Waals surface area contributed by atoms with E-state index >= 15 is 0 Å². The van der Waals surface area contributed by atoms with Crippen LogP contribution in [0.3, 0.4) is 0 Å². The number of hydrogen-bond acceptors (Lipinski definition) is 2. The Kier molecular flexibility index (Phi) is 4.66. The number of nitrogens with zero attached hydrogens (tertiary/aromatic N) is 1. The van der Waals surface area contributed by atoms with Gasteiger partial charge < -0.3 is 10.2 Å². The summed E-state index contributed by atoms with van der Waals surface area (Å²) in [6, 6.07) is 0. The Balaban J connectivity index is 2.35. The van der Waals surface area contributed by atoms with Crippen molar-refractivity contribution < 1.29 is 4.79 Å². The minimum absolute atomic E-state index is 0.0986. The van der Waals surface area contributed by atoms with E-state index in [1.54, 1.807) is 0 Å². The number of hydrogen-bond donors (Lipinski definition) is 1. The Hall–Kier alpha value is -0.830. The summed E-state index contributed by atoms with van der Waals surface area (Å²) < 4.78 is 0. The van der Waals surface area contributed by atoms with E-state index in [9.17, 15) is 4.79 Å². The Morgan fingerprint density at radius 3 is 2.93 bits per heavy atom. The molecule has 0 saturated carbocycles. The molecule has 1 unspecified atom stereocenters. The molecule has 3 nitrogen and oxygen atoms in total. The molecule has 1 rings (SSSR count). The van der Waals surface area contributed by atoms with Crippen LogP contribution in [-0.2, 0) is 4.79 Å². The third-order valence-electron chi connectivity index (χ3n) is 2.49. The summed E-state index contributed by atoms with van der Waals surface area (Å²) in [7, 11) is 0. The van der Waals surface area contributed by atoms with Crippen LogP contribution in [0, 0.1) is 5.92 Å². The summed E-state index contributed by atoms with van der Waals surface area (Å²) in [5, 5.41) is 3.20. The summed E-state index contributed by atoms with van der Waals surface area (Å²) in [6.07, 6.45) is 5.21. The van der Waals surface area contributed by atoms with Crippen molar-refractivity contribution in [1.82, 2.24) is 10.2 Å². The smallest absolute Gasteiger partial charge is 0.226 e. The molecular weight excluding hydrogens is 176 g/mol. The van der Waals surface area contributed by atoms with E-state index in [0.717, 1.165) is 32.6 Å². The van der Waals surface area contributed by atoms with Gasteiger partial charge in [-0.15, -0.1) is 0 Å². The topological polar surface area (TPSA) is 32.3 Å². The number of carbonyl (C=O) groups excluding carboxylic acids is 1. The van der Waals surface area contributed by atoms with Gasteiger partial charge in [-0.05, 0) is 13.0 Å². The fraction of sp³-hybridized carbons (Fsp3) is 0.727. The quantitative estimate of drug-likeness (QED) is 0.681. The largest absolute Gasteiger partial charge is 0.338 e. The van der Waals surface area contributed by atoms with Crippen LogP contribution >= 0.6 is 0 Å². The third-order valence-corrected chi connectivity index (χ3v) is 2.49. The first-order chi connectivity index (χ1) is 6.75. The molecule has 1 N–H and O–H groups in total. The Bertz CT molecular complexity index is 213. The molecule has 14 heavy (non-hydrogen) atoms. The molecule has 0 radical (unpaired) electrons. The van der Waals surface area contributed by atoms with Crippen molar-refractivity contribution >= 4 is 5.91 Å². The Morgan fingerprint density at radius 2 is 2.36 bits per heavy atom. The SMILES string of the molecule is CCNCC(C)C(=O)N1CC=CCC1. The van der Waals surface area contributed by atoms with Crippen LogP contribution < -0.4 is 5.32 Å². The minimum Gasteiger partial charge on any atom is -0.338 e. The number of rotatable bonds is 4. The van der Waals surface area contributed by atoms with Gasteiger partial charge in [-0.3, -0.25) is 4.79 Å². The molecule has 1 amide bonds. The highest BCUT2D eigenvalue weighted by Gasteiger charge is 2.19. The van der Waals surface area contributed by atoms with Gasteiger partial charge in [0.05, 0.1) is 0 Å². The highest BCUT2D eigenvalue weighted by Crippen LogP contribution is 2.06. The van der Waals surface area contributed by atoms with E-state index in [-0.39, 0.29) is 11.8 Å². The summed E-state index contributed by atoms with van der Waals surface area (Å²) in [6.45, 7) is 7.43. The molecule has 0 aromatic carbocycles. The van der Waals surface area contributed by atoms with Gasteiger partial charge in [0.2, 0.25) is 5.91 Å². The van der Waals surface area contributed by atoms with Crippen LogP contribution in [0.5, 0.6) is 0 Å². The fourth-order valence-corrected chi connectivity index (χ4v) is 1.60. The van der Waals surface area contributed by atoms with Crippen LogP contribution in [0.4, 0.5) is 0 Å². The standard InChI is InChI=1S/C11H20N2O/c1-3-12-9-10(2)11(14)13-7-5-4-6-8-13/h4-5,10,12H,3,6-9H2,1-2H3. The maximum atomic E-state index is 11.9. The molecule has 0 bridgehead atoms. The van der Waals surface area contributed by atoms with Gasteiger partial charge in [0, 0.05) is 25.6 Å². The third kappa shape index (κ3) is 3.14. The maximum absolute atomic E-state index is 11.9. The monoisotopic (exact) mass is 196 g/mol. The summed E-state index contributed by atoms with van der Waals surface area (Å²) in [4.78, 5) is 13.8. The van der Waals surface area contributed by atoms with Gasteiger partial charge in [-0.1, -0.05) is 26.0 Å². The molecular formula is C11H20N2O. The van der Waals surface area contributed by atoms with Gasteiger partial charge in [-0.2, -0.15) is 0 Å². The molecule has 1 aliphatic heterocycles. The van der Waals surface area contributed by atoms with Crippen molar-refractivity contribution in [1.29, 1.82) is 0 Å². The first kappa shape index (κ1) is 11.2. The first-order valence-electron chi connectivity index (χ1n) is 5.40. The molecule has 0 aliphatic carbocycles. The zero-order chi connectivity index (χ0) is 10.4. The van der Waals surface area contributed by atoms with Crippen LogP contribution in [0.1, 0.15) is 20.3 Å². The van der Waals surface area contributed by atoms with Crippen LogP contribution in [-0.4, -0.2) is 37.0 Å². The molecule has 0 fully saturated rings. The lowest BCUT2D eigenvalue weighted by atomic mass is 10.1. The lowest BCUT2D eigenvalue weighted by Gasteiger charge is -2.26. The molecule has 0 aromatic heterocycles. The Labute approximate surface area is 86.2 Å². The van der Waals surface area contributed by atoms with Crippen molar-refractivity contribution in [3.8, 4) is 0 Å². The second kappa shape index (κ2) is 5.81. The van der Waals surface area contributed by atoms with E-state index < -0.39 is 0 Å². The van der Waals surface area contributed by atoms with Crippen LogP contribution in [0.25, 0.3) is 0 Å². The van der Waals surface area contributed by atoms with E-state index in [2.05, 4.69) is 24.4 Å². The summed E-state index contributed by atoms with van der Waals surface area (Å²) in [5.74, 6) is 0.372. The molecule has 80 valence electrons. The summed E-state index contributed by atoms with van der Waals surface area (Å²) in [5.41, 5.74) is 0. The van der Waals surface area contributed by atoms with Crippen molar-refractivity contribution in [2.45, 2.75) is 20.3 Å². The van der Waals surface area contributed by atoms with Gasteiger partial charge in [0.1, 0.15) is 0 Å². The molecule has 1 aliphatic rings. The number of amides is 1. The molecule has 1 atom stereocenters. The minimum atomic E-state index is 0.0986. The van der Waals surface area contributed by atoms with Crippen molar-refractivity contribution in [2.75, 3.05) is 26.2 Å². The van der Waals surface area contributed by atoms with Crippen molar-refractivity contribution in [3.05, 3.63) is 12.2 Å². The molecule has 0 aromatic rings. The maximum Gasteiger partial charge on any atom is 0.226 e. The highest BCUT2D eigenvalue weighted by molar-refractivity contribution is 5.79. The second-order valence-corrected chi connectivity index (χ2v) is 3.75.